The van der Waals surface area contributed by atoms with E-state index in [-0.39, 0.29) is 5.91 Å². The Morgan fingerprint density at radius 3 is 2.65 bits per heavy atom. The van der Waals surface area contributed by atoms with Gasteiger partial charge in [-0.05, 0) is 44.4 Å². The first-order chi connectivity index (χ1) is 12.6. The van der Waals surface area contributed by atoms with Crippen LogP contribution >= 0.6 is 0 Å². The lowest BCUT2D eigenvalue weighted by atomic mass is 10.1. The van der Waals surface area contributed by atoms with Gasteiger partial charge in [0, 0.05) is 31.9 Å². The van der Waals surface area contributed by atoms with Crippen LogP contribution in [0.25, 0.3) is 0 Å². The van der Waals surface area contributed by atoms with E-state index in [2.05, 4.69) is 16.1 Å². The smallest absolute Gasteiger partial charge is 0.256 e. The number of aliphatic hydroxyl groups excluding tert-OH is 1. The van der Waals surface area contributed by atoms with E-state index in [1.165, 1.54) is 12.8 Å². The Kier molecular flexibility index (Phi) is 4.68. The quantitative estimate of drug-likeness (QED) is 0.920. The van der Waals surface area contributed by atoms with E-state index in [1.807, 2.05) is 33.8 Å². The Hall–Kier alpha value is -2.34. The second-order valence-electron chi connectivity index (χ2n) is 7.25. The molecule has 1 fully saturated rings. The fourth-order valence-electron chi connectivity index (χ4n) is 3.92. The van der Waals surface area contributed by atoms with Crippen molar-refractivity contribution < 1.29 is 9.90 Å². The standard InChI is InChI=1S/C20H26N4O2/c1-15(25)18-13-16-14-23(11-6-12-24(16)21-18)20(26)17-7-2-3-8-19(17)22-9-4-5-10-22/h2-3,7-8,13,15,25H,4-6,9-12,14H2,1H3. The van der Waals surface area contributed by atoms with E-state index < -0.39 is 6.10 Å². The van der Waals surface area contributed by atoms with Gasteiger partial charge in [0.15, 0.2) is 0 Å². The number of benzene rings is 1. The van der Waals surface area contributed by atoms with E-state index >= 15 is 0 Å². The fourth-order valence-corrected chi connectivity index (χ4v) is 3.92. The predicted octanol–water partition coefficient (Wildman–Crippen LogP) is 2.58. The van der Waals surface area contributed by atoms with E-state index in [1.54, 1.807) is 6.92 Å². The molecule has 1 aromatic carbocycles. The van der Waals surface area contributed by atoms with Gasteiger partial charge in [0.1, 0.15) is 0 Å². The maximum absolute atomic E-state index is 13.3. The third kappa shape index (κ3) is 3.21. The summed E-state index contributed by atoms with van der Waals surface area (Å²) >= 11 is 0. The molecule has 0 spiro atoms. The van der Waals surface area contributed by atoms with E-state index in [0.717, 1.165) is 49.5 Å². The molecule has 0 aliphatic carbocycles. The normalized spacial score (nSPS) is 18.5. The monoisotopic (exact) mass is 354 g/mol. The number of carbonyl (C=O) groups excluding carboxylic acids is 1. The fraction of sp³-hybridized carbons (Fsp3) is 0.500. The molecule has 3 heterocycles. The van der Waals surface area contributed by atoms with Crippen molar-refractivity contribution in [1.29, 1.82) is 0 Å². The van der Waals surface area contributed by atoms with Crippen LogP contribution in [0.4, 0.5) is 5.69 Å². The summed E-state index contributed by atoms with van der Waals surface area (Å²) in [5, 5.41) is 14.3. The minimum absolute atomic E-state index is 0.0840. The number of hydrogen-bond donors (Lipinski definition) is 1. The molecule has 2 aromatic rings. The van der Waals surface area contributed by atoms with E-state index in [9.17, 15) is 9.90 Å². The average Bonchev–Trinajstić information content (AvgIpc) is 3.27. The number of aryl methyl sites for hydroxylation is 1. The van der Waals surface area contributed by atoms with Crippen molar-refractivity contribution in [3.63, 3.8) is 0 Å². The first-order valence-corrected chi connectivity index (χ1v) is 9.51. The molecule has 6 heteroatoms. The number of fused-ring (bicyclic) bond motifs is 1. The minimum atomic E-state index is -0.588. The second-order valence-corrected chi connectivity index (χ2v) is 7.25. The van der Waals surface area contributed by atoms with Gasteiger partial charge in [0.05, 0.1) is 29.6 Å². The number of para-hydroxylation sites is 1. The van der Waals surface area contributed by atoms with Crippen LogP contribution in [-0.4, -0.2) is 45.3 Å². The molecule has 1 atom stereocenters. The SMILES string of the molecule is CC(O)c1cc2n(n1)CCCN(C(=O)c1ccccc1N1CCCC1)C2. The number of carbonyl (C=O) groups is 1. The van der Waals surface area contributed by atoms with E-state index in [4.69, 9.17) is 0 Å². The molecule has 1 unspecified atom stereocenters. The molecule has 26 heavy (non-hydrogen) atoms. The molecule has 0 saturated carbocycles. The molecule has 6 nitrogen and oxygen atoms in total. The molecule has 1 N–H and O–H groups in total. The van der Waals surface area contributed by atoms with Crippen LogP contribution in [0.15, 0.2) is 30.3 Å². The Bertz CT molecular complexity index is 793. The van der Waals surface area contributed by atoms with Gasteiger partial charge in [0.25, 0.3) is 5.91 Å². The van der Waals surface area contributed by atoms with Crippen LogP contribution < -0.4 is 4.90 Å². The molecule has 0 bridgehead atoms. The number of hydrogen-bond acceptors (Lipinski definition) is 4. The van der Waals surface area contributed by atoms with Gasteiger partial charge in [0.2, 0.25) is 0 Å². The highest BCUT2D eigenvalue weighted by Gasteiger charge is 2.26. The van der Waals surface area contributed by atoms with Crippen LogP contribution in [0.2, 0.25) is 0 Å². The molecule has 1 saturated heterocycles. The Morgan fingerprint density at radius 2 is 1.88 bits per heavy atom. The zero-order chi connectivity index (χ0) is 18.1. The van der Waals surface area contributed by atoms with Gasteiger partial charge >= 0.3 is 0 Å². The highest BCUT2D eigenvalue weighted by atomic mass is 16.3. The third-order valence-corrected chi connectivity index (χ3v) is 5.33. The Morgan fingerprint density at radius 1 is 1.12 bits per heavy atom. The largest absolute Gasteiger partial charge is 0.387 e. The molecular weight excluding hydrogens is 328 g/mol. The lowest BCUT2D eigenvalue weighted by molar-refractivity contribution is 0.0746. The molecule has 1 amide bonds. The lowest BCUT2D eigenvalue weighted by Crippen LogP contribution is -2.32. The lowest BCUT2D eigenvalue weighted by Gasteiger charge is -2.25. The zero-order valence-electron chi connectivity index (χ0n) is 15.3. The van der Waals surface area contributed by atoms with Gasteiger partial charge in [-0.3, -0.25) is 9.48 Å². The summed E-state index contributed by atoms with van der Waals surface area (Å²) in [4.78, 5) is 17.5. The summed E-state index contributed by atoms with van der Waals surface area (Å²) in [7, 11) is 0. The summed E-state index contributed by atoms with van der Waals surface area (Å²) < 4.78 is 1.93. The Labute approximate surface area is 154 Å². The van der Waals surface area contributed by atoms with Crippen molar-refractivity contribution in [2.45, 2.75) is 45.4 Å². The number of amides is 1. The number of rotatable bonds is 3. The van der Waals surface area contributed by atoms with E-state index in [0.29, 0.717) is 12.2 Å². The first kappa shape index (κ1) is 17.1. The van der Waals surface area contributed by atoms with Crippen LogP contribution in [0, 0.1) is 0 Å². The highest BCUT2D eigenvalue weighted by molar-refractivity contribution is 5.99. The highest BCUT2D eigenvalue weighted by Crippen LogP contribution is 2.27. The van der Waals surface area contributed by atoms with Crippen molar-refractivity contribution >= 4 is 11.6 Å². The van der Waals surface area contributed by atoms with Crippen LogP contribution in [0.5, 0.6) is 0 Å². The summed E-state index contributed by atoms with van der Waals surface area (Å²) in [6.45, 7) is 5.80. The second kappa shape index (κ2) is 7.11. The Balaban J connectivity index is 1.60. The maximum atomic E-state index is 13.3. The summed E-state index contributed by atoms with van der Waals surface area (Å²) in [5.74, 6) is 0.0840. The number of nitrogens with zero attached hydrogens (tertiary/aromatic N) is 4. The average molecular weight is 354 g/mol. The van der Waals surface area contributed by atoms with Gasteiger partial charge in [-0.2, -0.15) is 5.10 Å². The number of aromatic nitrogens is 2. The van der Waals surface area contributed by atoms with Gasteiger partial charge < -0.3 is 14.9 Å². The van der Waals surface area contributed by atoms with Crippen LogP contribution in [0.1, 0.15) is 54.0 Å². The van der Waals surface area contributed by atoms with Crippen molar-refractivity contribution in [2.24, 2.45) is 0 Å². The number of anilines is 1. The topological polar surface area (TPSA) is 61.6 Å². The molecular formula is C20H26N4O2. The summed E-state index contributed by atoms with van der Waals surface area (Å²) in [6, 6.07) is 9.88. The van der Waals surface area contributed by atoms with Crippen LogP contribution in [-0.2, 0) is 13.1 Å². The first-order valence-electron chi connectivity index (χ1n) is 9.51. The zero-order valence-corrected chi connectivity index (χ0v) is 15.3. The third-order valence-electron chi connectivity index (χ3n) is 5.33. The summed E-state index contributed by atoms with van der Waals surface area (Å²) in [6.07, 6.45) is 2.65. The van der Waals surface area contributed by atoms with Gasteiger partial charge in [-0.15, -0.1) is 0 Å². The molecule has 2 aliphatic heterocycles. The molecule has 2 aliphatic rings. The maximum Gasteiger partial charge on any atom is 0.256 e. The summed E-state index contributed by atoms with van der Waals surface area (Å²) in [5.41, 5.74) is 3.51. The van der Waals surface area contributed by atoms with Crippen molar-refractivity contribution in [1.82, 2.24) is 14.7 Å². The molecule has 4 rings (SSSR count). The molecule has 1 aromatic heterocycles. The molecule has 0 radical (unpaired) electrons. The van der Waals surface area contributed by atoms with Gasteiger partial charge in [-0.1, -0.05) is 12.1 Å². The van der Waals surface area contributed by atoms with Crippen molar-refractivity contribution in [3.05, 3.63) is 47.3 Å². The number of aliphatic hydroxyl groups is 1. The molecule has 138 valence electrons. The van der Waals surface area contributed by atoms with Crippen molar-refractivity contribution in [3.8, 4) is 0 Å². The predicted molar refractivity (Wildman–Crippen MR) is 100 cm³/mol. The van der Waals surface area contributed by atoms with Gasteiger partial charge in [-0.25, -0.2) is 0 Å². The van der Waals surface area contributed by atoms with Crippen molar-refractivity contribution in [2.75, 3.05) is 24.5 Å². The van der Waals surface area contributed by atoms with Crippen LogP contribution in [0.3, 0.4) is 0 Å². The minimum Gasteiger partial charge on any atom is -0.387 e.